The summed E-state index contributed by atoms with van der Waals surface area (Å²) in [6.07, 6.45) is 6.77. The SMILES string of the molecule is C(=C1c2ccccc2-c2ccccc21)c1ccc2cc(/C=C/c3ccc4cc(N(c5ccccc5)c5ccc6ccccc6c5)ccc4c3)ccc2c1. The van der Waals surface area contributed by atoms with E-state index >= 15 is 0 Å². The van der Waals surface area contributed by atoms with Crippen molar-refractivity contribution in [1.29, 1.82) is 0 Å². The van der Waals surface area contributed by atoms with Gasteiger partial charge >= 0.3 is 0 Å². The van der Waals surface area contributed by atoms with Crippen molar-refractivity contribution in [2.45, 2.75) is 0 Å². The van der Waals surface area contributed by atoms with Gasteiger partial charge in [-0.25, -0.2) is 0 Å². The second-order valence-corrected chi connectivity index (χ2v) is 13.8. The van der Waals surface area contributed by atoms with Gasteiger partial charge in [0.15, 0.2) is 0 Å². The summed E-state index contributed by atoms with van der Waals surface area (Å²) >= 11 is 0. The zero-order chi connectivity index (χ0) is 35.1. The molecule has 0 atom stereocenters. The summed E-state index contributed by atoms with van der Waals surface area (Å²) in [6.45, 7) is 0. The molecule has 0 N–H and O–H groups in total. The molecule has 0 radical (unpaired) electrons. The van der Waals surface area contributed by atoms with E-state index in [4.69, 9.17) is 0 Å². The molecule has 9 aromatic rings. The summed E-state index contributed by atoms with van der Waals surface area (Å²) in [7, 11) is 0. The zero-order valence-corrected chi connectivity index (χ0v) is 29.2. The molecule has 0 saturated heterocycles. The second kappa shape index (κ2) is 13.0. The lowest BCUT2D eigenvalue weighted by Gasteiger charge is -2.26. The average Bonchev–Trinajstić information content (AvgIpc) is 3.53. The molecule has 1 heteroatoms. The molecule has 0 unspecified atom stereocenters. The molecule has 0 amide bonds. The molecular weight excluding hydrogens is 639 g/mol. The number of para-hydroxylation sites is 1. The minimum atomic E-state index is 1.13. The molecule has 53 heavy (non-hydrogen) atoms. The molecule has 0 fully saturated rings. The Hall–Kier alpha value is -6.96. The van der Waals surface area contributed by atoms with Crippen molar-refractivity contribution < 1.29 is 0 Å². The second-order valence-electron chi connectivity index (χ2n) is 13.8. The van der Waals surface area contributed by atoms with Crippen LogP contribution >= 0.6 is 0 Å². The average molecular weight is 674 g/mol. The van der Waals surface area contributed by atoms with E-state index in [1.807, 2.05) is 0 Å². The quantitative estimate of drug-likeness (QED) is 0.159. The molecule has 0 aromatic heterocycles. The molecule has 9 aromatic carbocycles. The largest absolute Gasteiger partial charge is 0.310 e. The fourth-order valence-corrected chi connectivity index (χ4v) is 7.88. The van der Waals surface area contributed by atoms with Gasteiger partial charge in [-0.15, -0.1) is 0 Å². The Morgan fingerprint density at radius 1 is 0.283 bits per heavy atom. The monoisotopic (exact) mass is 673 g/mol. The van der Waals surface area contributed by atoms with Crippen molar-refractivity contribution in [2.24, 2.45) is 0 Å². The first-order valence-electron chi connectivity index (χ1n) is 18.2. The van der Waals surface area contributed by atoms with Crippen LogP contribution in [0.15, 0.2) is 194 Å². The van der Waals surface area contributed by atoms with E-state index in [1.54, 1.807) is 0 Å². The van der Waals surface area contributed by atoms with Crippen LogP contribution < -0.4 is 4.90 Å². The minimum Gasteiger partial charge on any atom is -0.310 e. The van der Waals surface area contributed by atoms with Crippen LogP contribution in [0.1, 0.15) is 27.8 Å². The van der Waals surface area contributed by atoms with Crippen molar-refractivity contribution in [2.75, 3.05) is 4.90 Å². The lowest BCUT2D eigenvalue weighted by Crippen LogP contribution is -2.09. The molecule has 1 nitrogen and oxygen atoms in total. The van der Waals surface area contributed by atoms with Gasteiger partial charge in [0, 0.05) is 17.1 Å². The molecule has 0 aliphatic heterocycles. The van der Waals surface area contributed by atoms with Crippen LogP contribution in [0, 0.1) is 0 Å². The predicted molar refractivity (Wildman–Crippen MR) is 228 cm³/mol. The van der Waals surface area contributed by atoms with E-state index in [-0.39, 0.29) is 0 Å². The van der Waals surface area contributed by atoms with E-state index in [9.17, 15) is 0 Å². The normalized spacial score (nSPS) is 12.0. The van der Waals surface area contributed by atoms with Gasteiger partial charge in [-0.05, 0) is 138 Å². The number of anilines is 3. The van der Waals surface area contributed by atoms with E-state index in [0.717, 1.165) is 17.1 Å². The van der Waals surface area contributed by atoms with E-state index in [1.165, 1.54) is 76.8 Å². The van der Waals surface area contributed by atoms with Crippen molar-refractivity contribution in [1.82, 2.24) is 0 Å². The fourth-order valence-electron chi connectivity index (χ4n) is 7.88. The Bertz CT molecular complexity index is 2850. The summed E-state index contributed by atoms with van der Waals surface area (Å²) in [5.41, 5.74) is 13.5. The lowest BCUT2D eigenvalue weighted by molar-refractivity contribution is 1.29. The Kier molecular flexibility index (Phi) is 7.55. The number of benzene rings is 9. The number of hydrogen-bond acceptors (Lipinski definition) is 1. The molecule has 248 valence electrons. The van der Waals surface area contributed by atoms with Crippen LogP contribution in [-0.4, -0.2) is 0 Å². The van der Waals surface area contributed by atoms with Gasteiger partial charge in [0.05, 0.1) is 0 Å². The predicted octanol–water partition coefficient (Wildman–Crippen LogP) is 14.4. The number of rotatable bonds is 6. The maximum absolute atomic E-state index is 2.34. The van der Waals surface area contributed by atoms with E-state index < -0.39 is 0 Å². The maximum Gasteiger partial charge on any atom is 0.0468 e. The summed E-state index contributed by atoms with van der Waals surface area (Å²) in [5, 5.41) is 7.38. The van der Waals surface area contributed by atoms with Gasteiger partial charge in [-0.3, -0.25) is 0 Å². The Morgan fingerprint density at radius 2 is 0.698 bits per heavy atom. The molecule has 1 aliphatic rings. The first-order chi connectivity index (χ1) is 26.2. The van der Waals surface area contributed by atoms with Gasteiger partial charge in [0.2, 0.25) is 0 Å². The van der Waals surface area contributed by atoms with Gasteiger partial charge in [-0.2, -0.15) is 0 Å². The fraction of sp³-hybridized carbons (Fsp3) is 0. The third kappa shape index (κ3) is 5.79. The molecule has 1 aliphatic carbocycles. The summed E-state index contributed by atoms with van der Waals surface area (Å²) in [6, 6.07) is 70.3. The summed E-state index contributed by atoms with van der Waals surface area (Å²) in [5.74, 6) is 0. The van der Waals surface area contributed by atoms with Crippen molar-refractivity contribution in [3.63, 3.8) is 0 Å². The smallest absolute Gasteiger partial charge is 0.0468 e. The van der Waals surface area contributed by atoms with Gasteiger partial charge in [-0.1, -0.05) is 152 Å². The Balaban J connectivity index is 0.919. The van der Waals surface area contributed by atoms with Crippen LogP contribution in [0.5, 0.6) is 0 Å². The standard InChI is InChI=1S/C52H35N/c1-2-12-45(13-3-1)53(46-28-26-39-10-4-5-11-40(39)34-46)47-29-27-43-31-37(21-24-44(43)35-47)19-18-36-20-23-42-32-38(22-25-41(42)30-36)33-52-50-16-8-6-14-48(50)49-15-7-9-17-51(49)52/h1-35H/b19-18+. The highest BCUT2D eigenvalue weighted by Crippen LogP contribution is 2.45. The first kappa shape index (κ1) is 30.8. The maximum atomic E-state index is 2.34. The molecular formula is C52H35N. The van der Waals surface area contributed by atoms with E-state index in [0.29, 0.717) is 0 Å². The van der Waals surface area contributed by atoms with Crippen LogP contribution in [0.25, 0.3) is 67.2 Å². The van der Waals surface area contributed by atoms with E-state index in [2.05, 4.69) is 217 Å². The third-order valence-corrected chi connectivity index (χ3v) is 10.5. The highest BCUT2D eigenvalue weighted by Gasteiger charge is 2.22. The zero-order valence-electron chi connectivity index (χ0n) is 29.2. The highest BCUT2D eigenvalue weighted by molar-refractivity contribution is 6.07. The highest BCUT2D eigenvalue weighted by atomic mass is 15.1. The van der Waals surface area contributed by atoms with Gasteiger partial charge < -0.3 is 4.90 Å². The van der Waals surface area contributed by atoms with Gasteiger partial charge in [0.25, 0.3) is 0 Å². The number of fused-ring (bicyclic) bond motifs is 6. The van der Waals surface area contributed by atoms with Crippen LogP contribution in [-0.2, 0) is 0 Å². The van der Waals surface area contributed by atoms with Crippen LogP contribution in [0.3, 0.4) is 0 Å². The van der Waals surface area contributed by atoms with Crippen molar-refractivity contribution >= 4 is 73.2 Å². The van der Waals surface area contributed by atoms with Crippen LogP contribution in [0.2, 0.25) is 0 Å². The first-order valence-corrected chi connectivity index (χ1v) is 18.2. The topological polar surface area (TPSA) is 3.24 Å². The summed E-state index contributed by atoms with van der Waals surface area (Å²) < 4.78 is 0. The van der Waals surface area contributed by atoms with Gasteiger partial charge in [0.1, 0.15) is 0 Å². The molecule has 0 saturated carbocycles. The molecule has 0 heterocycles. The van der Waals surface area contributed by atoms with Crippen molar-refractivity contribution in [3.05, 3.63) is 222 Å². The number of nitrogens with zero attached hydrogens (tertiary/aromatic N) is 1. The molecule has 0 bridgehead atoms. The van der Waals surface area contributed by atoms with Crippen LogP contribution in [0.4, 0.5) is 17.1 Å². The molecule has 10 rings (SSSR count). The Labute approximate surface area is 310 Å². The van der Waals surface area contributed by atoms with Crippen molar-refractivity contribution in [3.8, 4) is 11.1 Å². The molecule has 0 spiro atoms. The lowest BCUT2D eigenvalue weighted by atomic mass is 9.98. The third-order valence-electron chi connectivity index (χ3n) is 10.5. The minimum absolute atomic E-state index is 1.13. The number of hydrogen-bond donors (Lipinski definition) is 0. The summed E-state index contributed by atoms with van der Waals surface area (Å²) in [4.78, 5) is 2.34. The Morgan fingerprint density at radius 3 is 1.30 bits per heavy atom.